The summed E-state index contributed by atoms with van der Waals surface area (Å²) in [6.45, 7) is 10.1. The average molecular weight is 587 g/mol. The highest BCUT2D eigenvalue weighted by Gasteiger charge is 2.20. The number of amides is 2. The summed E-state index contributed by atoms with van der Waals surface area (Å²) >= 11 is 0. The summed E-state index contributed by atoms with van der Waals surface area (Å²) in [7, 11) is 0. The number of aromatic hydroxyl groups is 1. The molecular formula is C37H66N2O3. The van der Waals surface area contributed by atoms with Crippen molar-refractivity contribution in [3.05, 3.63) is 16.7 Å². The molecule has 5 heteroatoms. The smallest absolute Gasteiger partial charge is 0.224 e. The molecule has 0 aliphatic rings. The maximum atomic E-state index is 12.8. The Morgan fingerprint density at radius 3 is 1.12 bits per heavy atom. The second-order valence-electron chi connectivity index (χ2n) is 12.6. The molecule has 2 amide bonds. The minimum atomic E-state index is -0.0780. The first kappa shape index (κ1) is 38.0. The van der Waals surface area contributed by atoms with Crippen molar-refractivity contribution in [2.45, 2.75) is 189 Å². The molecule has 5 nitrogen and oxygen atoms in total. The topological polar surface area (TPSA) is 78.4 Å². The summed E-state index contributed by atoms with van der Waals surface area (Å²) in [5, 5.41) is 16.8. The van der Waals surface area contributed by atoms with E-state index in [1.165, 1.54) is 116 Å². The van der Waals surface area contributed by atoms with Gasteiger partial charge in [0.15, 0.2) is 0 Å². The molecule has 0 heterocycles. The van der Waals surface area contributed by atoms with Gasteiger partial charge in [-0.1, -0.05) is 142 Å². The molecule has 0 radical (unpaired) electrons. The Labute approximate surface area is 259 Å². The van der Waals surface area contributed by atoms with E-state index in [9.17, 15) is 14.7 Å². The van der Waals surface area contributed by atoms with Crippen LogP contribution in [-0.4, -0.2) is 16.9 Å². The maximum Gasteiger partial charge on any atom is 0.224 e. The SMILES string of the molecule is CCCCCCCCCCCCCC(=O)Nc1c(C)c(C)c(O)c(NC(=O)CCCCCCCCCCCCC)c1C. The van der Waals surface area contributed by atoms with Crippen LogP contribution in [0.15, 0.2) is 0 Å². The van der Waals surface area contributed by atoms with Gasteiger partial charge in [0, 0.05) is 24.1 Å². The van der Waals surface area contributed by atoms with Crippen molar-refractivity contribution in [2.24, 2.45) is 0 Å². The molecule has 0 saturated carbocycles. The average Bonchev–Trinajstić information content (AvgIpc) is 2.98. The molecular weight excluding hydrogens is 520 g/mol. The van der Waals surface area contributed by atoms with E-state index in [2.05, 4.69) is 24.5 Å². The van der Waals surface area contributed by atoms with Gasteiger partial charge in [0.25, 0.3) is 0 Å². The van der Waals surface area contributed by atoms with E-state index < -0.39 is 0 Å². The number of rotatable bonds is 26. The van der Waals surface area contributed by atoms with E-state index in [1.807, 2.05) is 20.8 Å². The number of carbonyl (C=O) groups is 2. The van der Waals surface area contributed by atoms with Crippen molar-refractivity contribution in [3.63, 3.8) is 0 Å². The fourth-order valence-electron chi connectivity index (χ4n) is 5.78. The van der Waals surface area contributed by atoms with Crippen LogP contribution >= 0.6 is 0 Å². The third-order valence-electron chi connectivity index (χ3n) is 8.82. The minimum absolute atomic E-state index is 0.000417. The summed E-state index contributed by atoms with van der Waals surface area (Å²) in [4.78, 5) is 25.5. The summed E-state index contributed by atoms with van der Waals surface area (Å²) in [6.07, 6.45) is 28.5. The molecule has 1 aromatic carbocycles. The van der Waals surface area contributed by atoms with Crippen LogP contribution in [0, 0.1) is 20.8 Å². The molecule has 1 rings (SSSR count). The third kappa shape index (κ3) is 16.6. The second-order valence-corrected chi connectivity index (χ2v) is 12.6. The van der Waals surface area contributed by atoms with Gasteiger partial charge in [-0.25, -0.2) is 0 Å². The monoisotopic (exact) mass is 587 g/mol. The molecule has 0 unspecified atom stereocenters. The van der Waals surface area contributed by atoms with Gasteiger partial charge in [-0.05, 0) is 44.7 Å². The van der Waals surface area contributed by atoms with E-state index in [-0.39, 0.29) is 17.6 Å². The van der Waals surface area contributed by atoms with Crippen molar-refractivity contribution >= 4 is 23.2 Å². The van der Waals surface area contributed by atoms with Crippen molar-refractivity contribution in [3.8, 4) is 5.75 Å². The summed E-state index contributed by atoms with van der Waals surface area (Å²) < 4.78 is 0. The van der Waals surface area contributed by atoms with Crippen LogP contribution in [0.3, 0.4) is 0 Å². The predicted molar refractivity (Wildman–Crippen MR) is 182 cm³/mol. The standard InChI is InChI=1S/C37H66N2O3/c1-6-8-10-12-14-16-18-20-22-24-26-28-33(40)38-35-30(3)31(4)37(42)36(32(35)5)39-34(41)29-27-25-23-21-19-17-15-13-11-9-7-2/h42H,6-29H2,1-5H3,(H,38,40)(H,39,41). The molecule has 0 aliphatic carbocycles. The zero-order valence-electron chi connectivity index (χ0n) is 28.2. The highest BCUT2D eigenvalue weighted by Crippen LogP contribution is 2.39. The van der Waals surface area contributed by atoms with E-state index >= 15 is 0 Å². The fourth-order valence-corrected chi connectivity index (χ4v) is 5.78. The van der Waals surface area contributed by atoms with Gasteiger partial charge >= 0.3 is 0 Å². The van der Waals surface area contributed by atoms with Crippen LogP contribution in [0.4, 0.5) is 11.4 Å². The number of hydrogen-bond acceptors (Lipinski definition) is 3. The van der Waals surface area contributed by atoms with Crippen LogP contribution in [0.1, 0.15) is 185 Å². The highest BCUT2D eigenvalue weighted by atomic mass is 16.3. The molecule has 242 valence electrons. The maximum absolute atomic E-state index is 12.8. The number of unbranched alkanes of at least 4 members (excludes halogenated alkanes) is 20. The lowest BCUT2D eigenvalue weighted by Crippen LogP contribution is -2.17. The van der Waals surface area contributed by atoms with Gasteiger partial charge in [-0.2, -0.15) is 0 Å². The zero-order chi connectivity index (χ0) is 31.0. The number of phenolic OH excluding ortho intramolecular Hbond substituents is 1. The lowest BCUT2D eigenvalue weighted by Gasteiger charge is -2.20. The zero-order valence-corrected chi connectivity index (χ0v) is 28.2. The molecule has 3 N–H and O–H groups in total. The van der Waals surface area contributed by atoms with E-state index in [0.717, 1.165) is 36.8 Å². The Kier molecular flexibility index (Phi) is 22.1. The molecule has 0 atom stereocenters. The number of phenols is 1. The Morgan fingerprint density at radius 1 is 0.452 bits per heavy atom. The van der Waals surface area contributed by atoms with Crippen molar-refractivity contribution in [1.29, 1.82) is 0 Å². The molecule has 0 spiro atoms. The van der Waals surface area contributed by atoms with Gasteiger partial charge < -0.3 is 15.7 Å². The Morgan fingerprint density at radius 2 is 0.762 bits per heavy atom. The predicted octanol–water partition coefficient (Wildman–Crippen LogP) is 11.6. The first-order valence-corrected chi connectivity index (χ1v) is 17.8. The lowest BCUT2D eigenvalue weighted by atomic mass is 9.99. The van der Waals surface area contributed by atoms with E-state index in [4.69, 9.17) is 0 Å². The number of nitrogens with one attached hydrogen (secondary N) is 2. The summed E-state index contributed by atoms with van der Waals surface area (Å²) in [6, 6.07) is 0. The Hall–Kier alpha value is -2.04. The summed E-state index contributed by atoms with van der Waals surface area (Å²) in [5.41, 5.74) is 3.39. The van der Waals surface area contributed by atoms with Crippen LogP contribution in [0.25, 0.3) is 0 Å². The fraction of sp³-hybridized carbons (Fsp3) is 0.784. The number of anilines is 2. The van der Waals surface area contributed by atoms with Crippen molar-refractivity contribution < 1.29 is 14.7 Å². The summed E-state index contributed by atoms with van der Waals surface area (Å²) in [5.74, 6) is 0.0203. The first-order valence-electron chi connectivity index (χ1n) is 17.8. The molecule has 0 aliphatic heterocycles. The number of hydrogen-bond donors (Lipinski definition) is 3. The number of carbonyl (C=O) groups excluding carboxylic acids is 2. The van der Waals surface area contributed by atoms with Crippen molar-refractivity contribution in [1.82, 2.24) is 0 Å². The second kappa shape index (κ2) is 24.4. The first-order chi connectivity index (χ1) is 20.3. The van der Waals surface area contributed by atoms with Crippen LogP contribution in [0.5, 0.6) is 5.75 Å². The Bertz CT molecular complexity index is 813. The van der Waals surface area contributed by atoms with Gasteiger partial charge in [-0.3, -0.25) is 9.59 Å². The molecule has 0 bridgehead atoms. The van der Waals surface area contributed by atoms with Crippen molar-refractivity contribution in [2.75, 3.05) is 10.6 Å². The van der Waals surface area contributed by atoms with E-state index in [0.29, 0.717) is 29.8 Å². The van der Waals surface area contributed by atoms with Crippen LogP contribution < -0.4 is 10.6 Å². The molecule has 0 aromatic heterocycles. The molecule has 42 heavy (non-hydrogen) atoms. The largest absolute Gasteiger partial charge is 0.505 e. The molecule has 0 fully saturated rings. The quantitative estimate of drug-likeness (QED) is 0.0574. The van der Waals surface area contributed by atoms with Gasteiger partial charge in [0.05, 0.1) is 5.69 Å². The Balaban J connectivity index is 2.38. The lowest BCUT2D eigenvalue weighted by molar-refractivity contribution is -0.117. The molecule has 0 saturated heterocycles. The van der Waals surface area contributed by atoms with Gasteiger partial charge in [0.1, 0.15) is 5.75 Å². The van der Waals surface area contributed by atoms with Crippen LogP contribution in [-0.2, 0) is 9.59 Å². The normalized spacial score (nSPS) is 11.2. The minimum Gasteiger partial charge on any atom is -0.505 e. The van der Waals surface area contributed by atoms with Gasteiger partial charge in [-0.15, -0.1) is 0 Å². The third-order valence-corrected chi connectivity index (χ3v) is 8.82. The van der Waals surface area contributed by atoms with Gasteiger partial charge in [0.2, 0.25) is 11.8 Å². The number of benzene rings is 1. The van der Waals surface area contributed by atoms with Crippen LogP contribution in [0.2, 0.25) is 0 Å². The molecule has 1 aromatic rings. The highest BCUT2D eigenvalue weighted by molar-refractivity contribution is 5.98. The van der Waals surface area contributed by atoms with E-state index in [1.54, 1.807) is 0 Å².